The lowest BCUT2D eigenvalue weighted by atomic mass is 9.77. The van der Waals surface area contributed by atoms with Crippen molar-refractivity contribution in [3.05, 3.63) is 35.4 Å². The second-order valence-corrected chi connectivity index (χ2v) is 4.99. The number of nitrogens with one attached hydrogen (secondary N) is 2. The van der Waals surface area contributed by atoms with Crippen molar-refractivity contribution in [1.82, 2.24) is 10.6 Å². The molecule has 2 aliphatic rings. The Kier molecular flexibility index (Phi) is 2.85. The standard InChI is InChI=1S/C14H18N2O/c17-14(13-6-3-7-15-13)16-9-11-8-10-4-1-2-5-12(10)11/h1-2,4-5,11,13,15H,3,6-9H2,(H,16,17)/t11?,13-/m1/s1. The second-order valence-electron chi connectivity index (χ2n) is 4.99. The summed E-state index contributed by atoms with van der Waals surface area (Å²) in [5.74, 6) is 0.698. The molecule has 2 N–H and O–H groups in total. The van der Waals surface area contributed by atoms with Gasteiger partial charge in [0.1, 0.15) is 0 Å². The lowest BCUT2D eigenvalue weighted by Gasteiger charge is -2.30. The van der Waals surface area contributed by atoms with Gasteiger partial charge in [-0.15, -0.1) is 0 Å². The molecule has 1 unspecified atom stereocenters. The van der Waals surface area contributed by atoms with Gasteiger partial charge in [0.15, 0.2) is 0 Å². The van der Waals surface area contributed by atoms with E-state index in [9.17, 15) is 4.79 Å². The Morgan fingerprint density at radius 1 is 1.41 bits per heavy atom. The van der Waals surface area contributed by atoms with Crippen LogP contribution in [0.15, 0.2) is 24.3 Å². The smallest absolute Gasteiger partial charge is 0.237 e. The van der Waals surface area contributed by atoms with Gasteiger partial charge in [0.05, 0.1) is 6.04 Å². The molecule has 1 aliphatic heterocycles. The fourth-order valence-corrected chi connectivity index (χ4v) is 2.80. The zero-order chi connectivity index (χ0) is 11.7. The predicted molar refractivity (Wildman–Crippen MR) is 66.9 cm³/mol. The number of amides is 1. The Balaban J connectivity index is 1.51. The molecule has 1 fully saturated rings. The average Bonchev–Trinajstić information content (AvgIpc) is 2.83. The number of carbonyl (C=O) groups is 1. The van der Waals surface area contributed by atoms with Crippen LogP contribution in [0.5, 0.6) is 0 Å². The van der Waals surface area contributed by atoms with E-state index in [1.165, 1.54) is 11.1 Å². The lowest BCUT2D eigenvalue weighted by Crippen LogP contribution is -2.43. The molecule has 1 heterocycles. The predicted octanol–water partition coefficient (Wildman–Crippen LogP) is 1.19. The van der Waals surface area contributed by atoms with Crippen LogP contribution in [0.1, 0.15) is 29.9 Å². The van der Waals surface area contributed by atoms with Gasteiger partial charge in [0.2, 0.25) is 5.91 Å². The highest BCUT2D eigenvalue weighted by atomic mass is 16.2. The molecule has 0 bridgehead atoms. The summed E-state index contributed by atoms with van der Waals surface area (Å²) in [5, 5.41) is 6.29. The summed E-state index contributed by atoms with van der Waals surface area (Å²) < 4.78 is 0. The molecule has 0 spiro atoms. The minimum Gasteiger partial charge on any atom is -0.354 e. The molecule has 0 aromatic heterocycles. The van der Waals surface area contributed by atoms with Crippen LogP contribution >= 0.6 is 0 Å². The molecule has 1 aliphatic carbocycles. The van der Waals surface area contributed by atoms with Crippen LogP contribution < -0.4 is 10.6 Å². The van der Waals surface area contributed by atoms with Gasteiger partial charge in [0, 0.05) is 12.5 Å². The van der Waals surface area contributed by atoms with Crippen LogP contribution in [0.25, 0.3) is 0 Å². The highest BCUT2D eigenvalue weighted by molar-refractivity contribution is 5.82. The van der Waals surface area contributed by atoms with E-state index < -0.39 is 0 Å². The van der Waals surface area contributed by atoms with E-state index in [1.807, 2.05) is 0 Å². The van der Waals surface area contributed by atoms with Crippen molar-refractivity contribution in [1.29, 1.82) is 0 Å². The zero-order valence-electron chi connectivity index (χ0n) is 9.91. The van der Waals surface area contributed by atoms with Crippen molar-refractivity contribution in [2.24, 2.45) is 0 Å². The first-order valence-corrected chi connectivity index (χ1v) is 6.43. The highest BCUT2D eigenvalue weighted by Crippen LogP contribution is 2.33. The Hall–Kier alpha value is -1.35. The first-order valence-electron chi connectivity index (χ1n) is 6.43. The highest BCUT2D eigenvalue weighted by Gasteiger charge is 2.27. The Labute approximate surface area is 102 Å². The van der Waals surface area contributed by atoms with Gasteiger partial charge >= 0.3 is 0 Å². The quantitative estimate of drug-likeness (QED) is 0.819. The van der Waals surface area contributed by atoms with E-state index in [0.29, 0.717) is 5.92 Å². The molecule has 17 heavy (non-hydrogen) atoms. The summed E-state index contributed by atoms with van der Waals surface area (Å²) in [7, 11) is 0. The number of hydrogen-bond acceptors (Lipinski definition) is 2. The van der Waals surface area contributed by atoms with Crippen molar-refractivity contribution < 1.29 is 4.79 Å². The Morgan fingerprint density at radius 3 is 3.06 bits per heavy atom. The van der Waals surface area contributed by atoms with Gasteiger partial charge in [0.25, 0.3) is 0 Å². The molecule has 3 nitrogen and oxygen atoms in total. The number of fused-ring (bicyclic) bond motifs is 1. The fraction of sp³-hybridized carbons (Fsp3) is 0.500. The minimum absolute atomic E-state index is 0.0466. The van der Waals surface area contributed by atoms with Crippen LogP contribution in [0, 0.1) is 0 Å². The van der Waals surface area contributed by atoms with Gasteiger partial charge < -0.3 is 10.6 Å². The molecule has 3 heteroatoms. The van der Waals surface area contributed by atoms with E-state index in [2.05, 4.69) is 34.9 Å². The Morgan fingerprint density at radius 2 is 2.29 bits per heavy atom. The summed E-state index contributed by atoms with van der Waals surface area (Å²) in [6, 6.07) is 8.54. The van der Waals surface area contributed by atoms with Crippen LogP contribution in [0.2, 0.25) is 0 Å². The van der Waals surface area contributed by atoms with E-state index in [4.69, 9.17) is 0 Å². The molecule has 90 valence electrons. The first-order chi connectivity index (χ1) is 8.34. The molecule has 1 aromatic rings. The maximum Gasteiger partial charge on any atom is 0.237 e. The third-order valence-electron chi connectivity index (χ3n) is 3.86. The molecule has 2 atom stereocenters. The normalized spacial score (nSPS) is 26.1. The molecular weight excluding hydrogens is 212 g/mol. The monoisotopic (exact) mass is 230 g/mol. The van der Waals surface area contributed by atoms with E-state index in [1.54, 1.807) is 0 Å². The molecular formula is C14H18N2O. The van der Waals surface area contributed by atoms with Crippen molar-refractivity contribution >= 4 is 5.91 Å². The van der Waals surface area contributed by atoms with Crippen molar-refractivity contribution in [3.8, 4) is 0 Å². The van der Waals surface area contributed by atoms with Gasteiger partial charge in [-0.2, -0.15) is 0 Å². The third kappa shape index (κ3) is 2.07. The third-order valence-corrected chi connectivity index (χ3v) is 3.86. The molecule has 0 radical (unpaired) electrons. The second kappa shape index (κ2) is 4.49. The summed E-state index contributed by atoms with van der Waals surface area (Å²) in [5.41, 5.74) is 2.85. The SMILES string of the molecule is O=C(NCC1Cc2ccccc21)[C@H]1CCCN1. The summed E-state index contributed by atoms with van der Waals surface area (Å²) in [6.45, 7) is 1.76. The van der Waals surface area contributed by atoms with E-state index in [-0.39, 0.29) is 11.9 Å². The van der Waals surface area contributed by atoms with Crippen LogP contribution in [0.4, 0.5) is 0 Å². The zero-order valence-corrected chi connectivity index (χ0v) is 9.91. The number of rotatable bonds is 3. The van der Waals surface area contributed by atoms with E-state index >= 15 is 0 Å². The van der Waals surface area contributed by atoms with Gasteiger partial charge in [-0.3, -0.25) is 4.79 Å². The summed E-state index contributed by atoms with van der Waals surface area (Å²) in [4.78, 5) is 11.8. The fourth-order valence-electron chi connectivity index (χ4n) is 2.80. The van der Waals surface area contributed by atoms with Crippen LogP contribution in [-0.2, 0) is 11.2 Å². The van der Waals surface area contributed by atoms with Gasteiger partial charge in [-0.1, -0.05) is 24.3 Å². The van der Waals surface area contributed by atoms with Crippen molar-refractivity contribution in [3.63, 3.8) is 0 Å². The Bertz CT molecular complexity index is 424. The largest absolute Gasteiger partial charge is 0.354 e. The topological polar surface area (TPSA) is 41.1 Å². The maximum atomic E-state index is 11.8. The van der Waals surface area contributed by atoms with Gasteiger partial charge in [-0.05, 0) is 36.9 Å². The van der Waals surface area contributed by atoms with Crippen LogP contribution in [0.3, 0.4) is 0 Å². The molecule has 1 aromatic carbocycles. The molecule has 1 saturated heterocycles. The maximum absolute atomic E-state index is 11.8. The first kappa shape index (κ1) is 10.8. The lowest BCUT2D eigenvalue weighted by molar-refractivity contribution is -0.122. The summed E-state index contributed by atoms with van der Waals surface area (Å²) >= 11 is 0. The minimum atomic E-state index is 0.0466. The molecule has 0 saturated carbocycles. The van der Waals surface area contributed by atoms with Gasteiger partial charge in [-0.25, -0.2) is 0 Å². The number of hydrogen-bond donors (Lipinski definition) is 2. The summed E-state index contributed by atoms with van der Waals surface area (Å²) in [6.07, 6.45) is 3.20. The average molecular weight is 230 g/mol. The number of carbonyl (C=O) groups excluding carboxylic acids is 1. The van der Waals surface area contributed by atoms with E-state index in [0.717, 1.165) is 32.4 Å². The van der Waals surface area contributed by atoms with Crippen molar-refractivity contribution in [2.45, 2.75) is 31.2 Å². The molecule has 3 rings (SSSR count). The molecule has 1 amide bonds. The van der Waals surface area contributed by atoms with Crippen LogP contribution in [-0.4, -0.2) is 25.0 Å². The number of benzene rings is 1. The van der Waals surface area contributed by atoms with Crippen molar-refractivity contribution in [2.75, 3.05) is 13.1 Å².